The number of carbonyl (C=O) groups excluding carboxylic acids is 2. The molecule has 0 aromatic carbocycles. The molecule has 166 valence electrons. The van der Waals surface area contributed by atoms with Crippen molar-refractivity contribution in [1.82, 2.24) is 0 Å². The van der Waals surface area contributed by atoms with Crippen molar-refractivity contribution in [3.05, 3.63) is 11.6 Å². The van der Waals surface area contributed by atoms with Crippen molar-refractivity contribution in [2.24, 2.45) is 28.6 Å². The zero-order valence-electron chi connectivity index (χ0n) is 17.8. The van der Waals surface area contributed by atoms with Crippen LogP contribution in [0.2, 0.25) is 0 Å². The highest BCUT2D eigenvalue weighted by Crippen LogP contribution is 2.68. The first-order chi connectivity index (χ1) is 14.2. The number of aliphatic hydroxyl groups is 1. The molecular formula is C23H32O7. The first-order valence-electron chi connectivity index (χ1n) is 11.1. The summed E-state index contributed by atoms with van der Waals surface area (Å²) in [6.45, 7) is 3.70. The van der Waals surface area contributed by atoms with Crippen LogP contribution in [-0.2, 0) is 19.1 Å². The summed E-state index contributed by atoms with van der Waals surface area (Å²) < 4.78 is 10.4. The van der Waals surface area contributed by atoms with Gasteiger partial charge in [0, 0.05) is 11.8 Å². The number of carboxylic acid groups (broad SMARTS) is 1. The van der Waals surface area contributed by atoms with Gasteiger partial charge in [-0.3, -0.25) is 4.79 Å². The van der Waals surface area contributed by atoms with Crippen LogP contribution in [0.5, 0.6) is 0 Å². The van der Waals surface area contributed by atoms with Gasteiger partial charge in [0.1, 0.15) is 6.61 Å². The van der Waals surface area contributed by atoms with Gasteiger partial charge in [0.2, 0.25) is 5.60 Å². The smallest absolute Gasteiger partial charge is 0.478 e. The normalized spacial score (nSPS) is 42.4. The number of ketones is 1. The molecule has 0 bridgehead atoms. The maximum Gasteiger partial charge on any atom is 0.509 e. The molecule has 4 aliphatic rings. The van der Waals surface area contributed by atoms with Gasteiger partial charge >= 0.3 is 12.1 Å². The molecule has 0 unspecified atom stereocenters. The van der Waals surface area contributed by atoms with E-state index in [0.717, 1.165) is 25.7 Å². The van der Waals surface area contributed by atoms with Crippen LogP contribution in [0.25, 0.3) is 0 Å². The van der Waals surface area contributed by atoms with E-state index >= 15 is 0 Å². The Hall–Kier alpha value is -1.89. The lowest BCUT2D eigenvalue weighted by Gasteiger charge is -2.58. The molecule has 6 atom stereocenters. The van der Waals surface area contributed by atoms with Crippen LogP contribution >= 0.6 is 0 Å². The Balaban J connectivity index is 1.63. The van der Waals surface area contributed by atoms with Crippen LogP contribution in [0.4, 0.5) is 4.79 Å². The molecule has 3 saturated carbocycles. The molecule has 0 amide bonds. The molecule has 4 aliphatic carbocycles. The molecule has 2 N–H and O–H groups in total. The topological polar surface area (TPSA) is 110 Å². The van der Waals surface area contributed by atoms with Gasteiger partial charge in [0.15, 0.2) is 5.78 Å². The number of allylic oxidation sites excluding steroid dienone is 1. The van der Waals surface area contributed by atoms with Gasteiger partial charge in [0.05, 0.1) is 6.61 Å². The first kappa shape index (κ1) is 21.3. The van der Waals surface area contributed by atoms with Crippen LogP contribution in [0.1, 0.15) is 65.2 Å². The van der Waals surface area contributed by atoms with E-state index in [1.165, 1.54) is 5.57 Å². The number of ether oxygens (including phenoxy) is 2. The van der Waals surface area contributed by atoms with Gasteiger partial charge in [-0.25, -0.2) is 9.59 Å². The number of aliphatic hydroxyl groups excluding tert-OH is 1. The second kappa shape index (κ2) is 7.36. The molecule has 4 rings (SSSR count). The lowest BCUT2D eigenvalue weighted by Crippen LogP contribution is -2.59. The average Bonchev–Trinajstić information content (AvgIpc) is 3.00. The fourth-order valence-electron chi connectivity index (χ4n) is 7.42. The second-order valence-corrected chi connectivity index (χ2v) is 10.0. The standard InChI is InChI=1S/C23H32O7/c1-21-8-5-15(25)13-14(21)3-4-16-17(21)6-9-22(2)18(16)7-10-23(22,19(26)27)30-20(28)29-12-11-24/h13,16-18,24H,3-12H2,1-2H3,(H,26,27)/t16-,17+,18+,21+,22+,23+/m1/s1. The van der Waals surface area contributed by atoms with Crippen LogP contribution in [0, 0.1) is 28.6 Å². The molecule has 0 saturated heterocycles. The van der Waals surface area contributed by atoms with Crippen molar-refractivity contribution in [1.29, 1.82) is 0 Å². The van der Waals surface area contributed by atoms with E-state index in [1.807, 2.05) is 13.0 Å². The number of fused-ring (bicyclic) bond motifs is 5. The number of rotatable bonds is 4. The van der Waals surface area contributed by atoms with Crippen LogP contribution in [0.15, 0.2) is 11.6 Å². The molecular weight excluding hydrogens is 388 g/mol. The van der Waals surface area contributed by atoms with E-state index in [0.29, 0.717) is 31.1 Å². The highest BCUT2D eigenvalue weighted by atomic mass is 16.7. The van der Waals surface area contributed by atoms with E-state index < -0.39 is 23.1 Å². The summed E-state index contributed by atoms with van der Waals surface area (Å²) in [6.07, 6.45) is 6.63. The maximum atomic E-state index is 12.5. The molecule has 7 heteroatoms. The van der Waals surface area contributed by atoms with E-state index in [9.17, 15) is 19.5 Å². The van der Waals surface area contributed by atoms with Crippen molar-refractivity contribution in [2.45, 2.75) is 70.8 Å². The third-order valence-corrected chi connectivity index (χ3v) is 9.00. The minimum absolute atomic E-state index is 0.00748. The Bertz CT molecular complexity index is 788. The van der Waals surface area contributed by atoms with Crippen molar-refractivity contribution in [3.8, 4) is 0 Å². The Morgan fingerprint density at radius 1 is 1.10 bits per heavy atom. The minimum atomic E-state index is -1.60. The van der Waals surface area contributed by atoms with Gasteiger partial charge in [-0.05, 0) is 74.2 Å². The Labute approximate surface area is 176 Å². The average molecular weight is 421 g/mol. The van der Waals surface area contributed by atoms with Crippen molar-refractivity contribution < 1.29 is 34.1 Å². The fraction of sp³-hybridized carbons (Fsp3) is 0.783. The SMILES string of the molecule is C[C@]12CCC(=O)C=C1CC[C@@H]1[C@@H]2CC[C@@]2(C)[C@H]1CC[C@]2(OC(=O)OCCO)C(=O)O. The molecule has 7 nitrogen and oxygen atoms in total. The minimum Gasteiger partial charge on any atom is -0.478 e. The molecule has 0 heterocycles. The molecule has 3 fully saturated rings. The van der Waals surface area contributed by atoms with Crippen LogP contribution in [0.3, 0.4) is 0 Å². The summed E-state index contributed by atoms with van der Waals surface area (Å²) in [5, 5.41) is 19.1. The summed E-state index contributed by atoms with van der Waals surface area (Å²) in [5.74, 6) is 0.0425. The summed E-state index contributed by atoms with van der Waals surface area (Å²) in [6, 6.07) is 0. The number of hydrogen-bond donors (Lipinski definition) is 2. The van der Waals surface area contributed by atoms with E-state index in [-0.39, 0.29) is 36.8 Å². The summed E-state index contributed by atoms with van der Waals surface area (Å²) >= 11 is 0. The van der Waals surface area contributed by atoms with Gasteiger partial charge in [-0.1, -0.05) is 19.4 Å². The van der Waals surface area contributed by atoms with Crippen LogP contribution in [-0.4, -0.2) is 46.9 Å². The van der Waals surface area contributed by atoms with Gasteiger partial charge in [-0.2, -0.15) is 0 Å². The largest absolute Gasteiger partial charge is 0.509 e. The summed E-state index contributed by atoms with van der Waals surface area (Å²) in [7, 11) is 0. The number of hydrogen-bond acceptors (Lipinski definition) is 6. The van der Waals surface area contributed by atoms with Gasteiger partial charge in [0.25, 0.3) is 0 Å². The van der Waals surface area contributed by atoms with E-state index in [1.54, 1.807) is 0 Å². The molecule has 0 radical (unpaired) electrons. The zero-order chi connectivity index (χ0) is 21.7. The Morgan fingerprint density at radius 2 is 1.83 bits per heavy atom. The number of carbonyl (C=O) groups is 3. The maximum absolute atomic E-state index is 12.5. The predicted octanol–water partition coefficient (Wildman–Crippen LogP) is 3.49. The van der Waals surface area contributed by atoms with E-state index in [4.69, 9.17) is 14.6 Å². The Morgan fingerprint density at radius 3 is 2.53 bits per heavy atom. The quantitative estimate of drug-likeness (QED) is 0.670. The third kappa shape index (κ3) is 2.92. The summed E-state index contributed by atoms with van der Waals surface area (Å²) in [4.78, 5) is 36.6. The lowest BCUT2D eigenvalue weighted by atomic mass is 9.46. The highest BCUT2D eigenvalue weighted by molar-refractivity contribution is 5.91. The molecule has 0 aromatic rings. The monoisotopic (exact) mass is 420 g/mol. The van der Waals surface area contributed by atoms with Crippen molar-refractivity contribution in [3.63, 3.8) is 0 Å². The summed E-state index contributed by atoms with van der Waals surface area (Å²) in [5.41, 5.74) is -0.988. The number of carboxylic acids is 1. The van der Waals surface area contributed by atoms with Crippen LogP contribution < -0.4 is 0 Å². The second-order valence-electron chi connectivity index (χ2n) is 10.0. The fourth-order valence-corrected chi connectivity index (χ4v) is 7.42. The van der Waals surface area contributed by atoms with Crippen molar-refractivity contribution >= 4 is 17.9 Å². The Kier molecular flexibility index (Phi) is 5.24. The predicted molar refractivity (Wildman–Crippen MR) is 107 cm³/mol. The van der Waals surface area contributed by atoms with Gasteiger partial charge in [-0.15, -0.1) is 0 Å². The van der Waals surface area contributed by atoms with Crippen molar-refractivity contribution in [2.75, 3.05) is 13.2 Å². The lowest BCUT2D eigenvalue weighted by molar-refractivity contribution is -0.186. The third-order valence-electron chi connectivity index (χ3n) is 9.00. The van der Waals surface area contributed by atoms with Gasteiger partial charge < -0.3 is 19.7 Å². The van der Waals surface area contributed by atoms with E-state index in [2.05, 4.69) is 6.92 Å². The zero-order valence-corrected chi connectivity index (χ0v) is 17.8. The highest BCUT2D eigenvalue weighted by Gasteiger charge is 2.69. The molecule has 0 spiro atoms. The first-order valence-corrected chi connectivity index (χ1v) is 11.1. The molecule has 30 heavy (non-hydrogen) atoms. The molecule has 0 aromatic heterocycles. The molecule has 0 aliphatic heterocycles. The number of aliphatic carboxylic acids is 1.